The number of amides is 1. The molecule has 0 radical (unpaired) electrons. The third-order valence-electron chi connectivity index (χ3n) is 3.87. The van der Waals surface area contributed by atoms with E-state index in [-0.39, 0.29) is 11.9 Å². The largest absolute Gasteiger partial charge is 0.480 e. The molecule has 22 heavy (non-hydrogen) atoms. The molecule has 1 saturated heterocycles. The van der Waals surface area contributed by atoms with Crippen LogP contribution in [0.1, 0.15) is 34.1 Å². The number of likely N-dealkylation sites (tertiary alicyclic amines) is 1. The number of aliphatic carboxylic acids is 1. The summed E-state index contributed by atoms with van der Waals surface area (Å²) in [5.74, 6) is -1.16. The van der Waals surface area contributed by atoms with Crippen LogP contribution in [0.25, 0.3) is 0 Å². The third kappa shape index (κ3) is 2.80. The number of nitrogens with zero attached hydrogens (tertiary/aromatic N) is 1. The van der Waals surface area contributed by atoms with Crippen molar-refractivity contribution in [1.29, 1.82) is 0 Å². The van der Waals surface area contributed by atoms with Crippen LogP contribution in [0.15, 0.2) is 46.3 Å². The van der Waals surface area contributed by atoms with Crippen molar-refractivity contribution in [1.82, 2.24) is 4.90 Å². The van der Waals surface area contributed by atoms with Gasteiger partial charge in [0.25, 0.3) is 5.91 Å². The minimum atomic E-state index is -0.942. The zero-order valence-corrected chi connectivity index (χ0v) is 14.0. The minimum Gasteiger partial charge on any atom is -0.480 e. The fourth-order valence-corrected chi connectivity index (χ4v) is 4.26. The molecule has 6 heteroatoms. The maximum Gasteiger partial charge on any atom is 0.326 e. The van der Waals surface area contributed by atoms with Crippen molar-refractivity contribution in [2.24, 2.45) is 0 Å². The van der Waals surface area contributed by atoms with Crippen molar-refractivity contribution in [3.8, 4) is 0 Å². The molecule has 1 fully saturated rings. The Balaban J connectivity index is 1.97. The quantitative estimate of drug-likeness (QED) is 0.878. The van der Waals surface area contributed by atoms with E-state index in [1.165, 1.54) is 16.2 Å². The van der Waals surface area contributed by atoms with Gasteiger partial charge in [-0.3, -0.25) is 4.79 Å². The zero-order valence-electron chi connectivity index (χ0n) is 11.6. The molecule has 0 spiro atoms. The van der Waals surface area contributed by atoms with E-state index in [2.05, 4.69) is 15.9 Å². The van der Waals surface area contributed by atoms with E-state index in [4.69, 9.17) is 0 Å². The van der Waals surface area contributed by atoms with Gasteiger partial charge in [-0.15, -0.1) is 11.3 Å². The second-order valence-electron chi connectivity index (χ2n) is 5.20. The van der Waals surface area contributed by atoms with Gasteiger partial charge in [-0.2, -0.15) is 0 Å². The zero-order chi connectivity index (χ0) is 15.7. The van der Waals surface area contributed by atoms with E-state index in [1.807, 2.05) is 35.7 Å². The lowest BCUT2D eigenvalue weighted by atomic mass is 10.0. The monoisotopic (exact) mass is 379 g/mol. The predicted molar refractivity (Wildman–Crippen MR) is 88.0 cm³/mol. The van der Waals surface area contributed by atoms with Gasteiger partial charge < -0.3 is 10.0 Å². The first-order chi connectivity index (χ1) is 10.6. The standard InChI is InChI=1S/C16H14BrNO3S/c17-11-8-14(22-9-11)15(19)18-12(6-7-13(18)16(20)21)10-4-2-1-3-5-10/h1-5,8-9,12-13H,6-7H2,(H,20,21)/t12-,13-/m1/s1. The molecule has 4 nitrogen and oxygen atoms in total. The highest BCUT2D eigenvalue weighted by molar-refractivity contribution is 9.10. The lowest BCUT2D eigenvalue weighted by Crippen LogP contribution is -2.41. The predicted octanol–water partition coefficient (Wildman–Crippen LogP) is 3.94. The van der Waals surface area contributed by atoms with Crippen molar-refractivity contribution < 1.29 is 14.7 Å². The number of hydrogen-bond donors (Lipinski definition) is 1. The van der Waals surface area contributed by atoms with Gasteiger partial charge in [0, 0.05) is 9.85 Å². The Bertz CT molecular complexity index is 700. The highest BCUT2D eigenvalue weighted by Crippen LogP contribution is 2.38. The molecular weight excluding hydrogens is 366 g/mol. The van der Waals surface area contributed by atoms with Crippen molar-refractivity contribution in [2.45, 2.75) is 24.9 Å². The van der Waals surface area contributed by atoms with E-state index >= 15 is 0 Å². The van der Waals surface area contributed by atoms with Crippen LogP contribution in [-0.2, 0) is 4.79 Å². The Morgan fingerprint density at radius 2 is 1.95 bits per heavy atom. The van der Waals surface area contributed by atoms with Gasteiger partial charge in [-0.25, -0.2) is 4.79 Å². The van der Waals surface area contributed by atoms with Crippen molar-refractivity contribution in [3.05, 3.63) is 56.7 Å². The van der Waals surface area contributed by atoms with Crippen LogP contribution >= 0.6 is 27.3 Å². The second kappa shape index (κ2) is 6.22. The lowest BCUT2D eigenvalue weighted by Gasteiger charge is -2.28. The molecule has 0 aliphatic carbocycles. The van der Waals surface area contributed by atoms with E-state index in [0.717, 1.165) is 10.0 Å². The van der Waals surface area contributed by atoms with Crippen LogP contribution < -0.4 is 0 Å². The van der Waals surface area contributed by atoms with E-state index < -0.39 is 12.0 Å². The molecule has 1 N–H and O–H groups in total. The first-order valence-corrected chi connectivity index (χ1v) is 8.59. The SMILES string of the molecule is O=C(O)[C@H]1CC[C@H](c2ccccc2)N1C(=O)c1cc(Br)cs1. The number of thiophene rings is 1. The highest BCUT2D eigenvalue weighted by atomic mass is 79.9. The lowest BCUT2D eigenvalue weighted by molar-refractivity contribution is -0.141. The molecule has 2 heterocycles. The van der Waals surface area contributed by atoms with Gasteiger partial charge in [0.15, 0.2) is 0 Å². The van der Waals surface area contributed by atoms with Gasteiger partial charge in [-0.1, -0.05) is 30.3 Å². The Morgan fingerprint density at radius 3 is 2.55 bits per heavy atom. The normalized spacial score (nSPS) is 21.0. The first-order valence-electron chi connectivity index (χ1n) is 6.92. The molecule has 0 bridgehead atoms. The summed E-state index contributed by atoms with van der Waals surface area (Å²) in [4.78, 5) is 26.4. The number of carbonyl (C=O) groups excluding carboxylic acids is 1. The Hall–Kier alpha value is -1.66. The fraction of sp³-hybridized carbons (Fsp3) is 0.250. The Labute approximate surface area is 140 Å². The summed E-state index contributed by atoms with van der Waals surface area (Å²) in [5, 5.41) is 11.3. The number of carboxylic acid groups (broad SMARTS) is 1. The fourth-order valence-electron chi connectivity index (χ4n) is 2.89. The Morgan fingerprint density at radius 1 is 1.23 bits per heavy atom. The summed E-state index contributed by atoms with van der Waals surface area (Å²) in [7, 11) is 0. The van der Waals surface area contributed by atoms with Gasteiger partial charge in [0.05, 0.1) is 10.9 Å². The molecule has 2 atom stereocenters. The molecule has 0 saturated carbocycles. The van der Waals surface area contributed by atoms with Crippen LogP contribution in [0.2, 0.25) is 0 Å². The molecule has 1 amide bonds. The van der Waals surface area contributed by atoms with Gasteiger partial charge >= 0.3 is 5.97 Å². The maximum absolute atomic E-state index is 12.8. The number of hydrogen-bond acceptors (Lipinski definition) is 3. The van der Waals surface area contributed by atoms with Crippen LogP contribution in [0, 0.1) is 0 Å². The van der Waals surface area contributed by atoms with Crippen LogP contribution in [-0.4, -0.2) is 27.9 Å². The van der Waals surface area contributed by atoms with Crippen molar-refractivity contribution >= 4 is 39.1 Å². The average Bonchev–Trinajstić information content (AvgIpc) is 3.13. The highest BCUT2D eigenvalue weighted by Gasteiger charge is 2.42. The summed E-state index contributed by atoms with van der Waals surface area (Å²) in [6.45, 7) is 0. The molecular formula is C16H14BrNO3S. The molecule has 1 aliphatic rings. The van der Waals surface area contributed by atoms with E-state index in [9.17, 15) is 14.7 Å². The molecule has 1 aromatic heterocycles. The van der Waals surface area contributed by atoms with Crippen molar-refractivity contribution in [3.63, 3.8) is 0 Å². The molecule has 3 rings (SSSR count). The maximum atomic E-state index is 12.8. The molecule has 0 unspecified atom stereocenters. The Kier molecular flexibility index (Phi) is 4.31. The molecule has 1 aromatic carbocycles. The second-order valence-corrected chi connectivity index (χ2v) is 7.03. The number of halogens is 1. The first kappa shape index (κ1) is 15.2. The number of carboxylic acids is 1. The van der Waals surface area contributed by atoms with E-state index in [0.29, 0.717) is 17.7 Å². The smallest absolute Gasteiger partial charge is 0.326 e. The van der Waals surface area contributed by atoms with Crippen molar-refractivity contribution in [2.75, 3.05) is 0 Å². The summed E-state index contributed by atoms with van der Waals surface area (Å²) in [6.07, 6.45) is 1.15. The molecule has 2 aromatic rings. The summed E-state index contributed by atoms with van der Waals surface area (Å²) in [5.41, 5.74) is 0.982. The van der Waals surface area contributed by atoms with Crippen LogP contribution in [0.5, 0.6) is 0 Å². The number of benzene rings is 1. The number of rotatable bonds is 3. The summed E-state index contributed by atoms with van der Waals surface area (Å²) < 4.78 is 0.836. The van der Waals surface area contributed by atoms with Crippen LogP contribution in [0.4, 0.5) is 0 Å². The third-order valence-corrected chi connectivity index (χ3v) is 5.55. The van der Waals surface area contributed by atoms with Gasteiger partial charge in [0.1, 0.15) is 6.04 Å². The number of carbonyl (C=O) groups is 2. The van der Waals surface area contributed by atoms with Gasteiger partial charge in [-0.05, 0) is 40.4 Å². The van der Waals surface area contributed by atoms with Gasteiger partial charge in [0.2, 0.25) is 0 Å². The minimum absolute atomic E-state index is 0.185. The average molecular weight is 380 g/mol. The topological polar surface area (TPSA) is 57.6 Å². The summed E-state index contributed by atoms with van der Waals surface area (Å²) >= 11 is 4.66. The van der Waals surface area contributed by atoms with E-state index in [1.54, 1.807) is 6.07 Å². The van der Waals surface area contributed by atoms with Crippen LogP contribution in [0.3, 0.4) is 0 Å². The molecule has 1 aliphatic heterocycles. The molecule has 114 valence electrons. The summed E-state index contributed by atoms with van der Waals surface area (Å²) in [6, 6.07) is 10.4.